The van der Waals surface area contributed by atoms with Gasteiger partial charge in [-0.3, -0.25) is 0 Å². The van der Waals surface area contributed by atoms with Gasteiger partial charge in [0.15, 0.2) is 0 Å². The molecule has 174 valence electrons. The molecular weight excluding hydrogens is 420 g/mol. The topological polar surface area (TPSA) is 37.7 Å². The SMILES string of the molecule is c1ccc2cc3c(N=C(N4CCC4)N4CCC4)ccc(N=C(N4CCC4)N4CCC4)c3cc2c1. The van der Waals surface area contributed by atoms with E-state index in [0.717, 1.165) is 75.7 Å². The largest absolute Gasteiger partial charge is 0.342 e. The van der Waals surface area contributed by atoms with Crippen LogP contribution in [0.2, 0.25) is 0 Å². The van der Waals surface area contributed by atoms with Crippen LogP contribution in [-0.4, -0.2) is 83.9 Å². The zero-order valence-corrected chi connectivity index (χ0v) is 19.8. The monoisotopic (exact) mass is 452 g/mol. The van der Waals surface area contributed by atoms with Crippen molar-refractivity contribution in [1.29, 1.82) is 0 Å². The van der Waals surface area contributed by atoms with Gasteiger partial charge in [0.2, 0.25) is 11.9 Å². The van der Waals surface area contributed by atoms with Crippen molar-refractivity contribution in [3.8, 4) is 0 Å². The van der Waals surface area contributed by atoms with Crippen molar-refractivity contribution in [2.45, 2.75) is 25.7 Å². The molecule has 4 aliphatic rings. The number of fused-ring (bicyclic) bond motifs is 2. The molecule has 4 heterocycles. The second-order valence-electron chi connectivity index (χ2n) is 10.0. The molecule has 3 aromatic rings. The van der Waals surface area contributed by atoms with Crippen molar-refractivity contribution in [3.05, 3.63) is 48.5 Å². The summed E-state index contributed by atoms with van der Waals surface area (Å²) >= 11 is 0. The fourth-order valence-corrected chi connectivity index (χ4v) is 5.16. The number of likely N-dealkylation sites (tertiary alicyclic amines) is 4. The lowest BCUT2D eigenvalue weighted by atomic mass is 10.0. The van der Waals surface area contributed by atoms with Gasteiger partial charge in [-0.1, -0.05) is 24.3 Å². The molecule has 0 spiro atoms. The highest BCUT2D eigenvalue weighted by Crippen LogP contribution is 2.38. The Kier molecular flexibility index (Phi) is 4.85. The Labute approximate surface area is 201 Å². The molecule has 0 amide bonds. The minimum atomic E-state index is 1.06. The van der Waals surface area contributed by atoms with Gasteiger partial charge in [-0.05, 0) is 60.7 Å². The maximum atomic E-state index is 5.28. The average Bonchev–Trinajstić information content (AvgIpc) is 2.69. The second-order valence-corrected chi connectivity index (χ2v) is 10.0. The van der Waals surface area contributed by atoms with E-state index in [0.29, 0.717) is 0 Å². The van der Waals surface area contributed by atoms with Crippen LogP contribution in [0.5, 0.6) is 0 Å². The first kappa shape index (κ1) is 20.1. The van der Waals surface area contributed by atoms with E-state index in [4.69, 9.17) is 9.98 Å². The van der Waals surface area contributed by atoms with Gasteiger partial charge in [0.1, 0.15) is 0 Å². The van der Waals surface area contributed by atoms with Gasteiger partial charge >= 0.3 is 0 Å². The summed E-state index contributed by atoms with van der Waals surface area (Å²) < 4.78 is 0. The molecule has 6 heteroatoms. The summed E-state index contributed by atoms with van der Waals surface area (Å²) in [7, 11) is 0. The summed E-state index contributed by atoms with van der Waals surface area (Å²) in [4.78, 5) is 20.3. The third-order valence-electron chi connectivity index (χ3n) is 7.83. The number of rotatable bonds is 2. The third kappa shape index (κ3) is 3.39. The minimum Gasteiger partial charge on any atom is -0.342 e. The van der Waals surface area contributed by atoms with E-state index in [1.807, 2.05) is 0 Å². The summed E-state index contributed by atoms with van der Waals surface area (Å²) in [6, 6.07) is 17.7. The van der Waals surface area contributed by atoms with Crippen LogP contribution in [0.15, 0.2) is 58.5 Å². The molecule has 0 aliphatic carbocycles. The van der Waals surface area contributed by atoms with Crippen LogP contribution in [-0.2, 0) is 0 Å². The zero-order valence-electron chi connectivity index (χ0n) is 19.8. The average molecular weight is 453 g/mol. The standard InChI is InChI=1S/C28H32N6/c1-2-8-22-20-24-23(19-21(22)7-1)25(29-27(31-11-3-12-31)32-13-4-14-32)9-10-26(24)30-28(33-15-5-16-33)34-17-6-18-34/h1-2,7-10,19-20H,3-6,11-18H2. The third-order valence-corrected chi connectivity index (χ3v) is 7.83. The molecule has 6 nitrogen and oxygen atoms in total. The predicted octanol–water partition coefficient (Wildman–Crippen LogP) is 4.79. The van der Waals surface area contributed by atoms with Gasteiger partial charge in [0.25, 0.3) is 0 Å². The summed E-state index contributed by atoms with van der Waals surface area (Å²) in [6.45, 7) is 8.95. The van der Waals surface area contributed by atoms with Crippen molar-refractivity contribution < 1.29 is 0 Å². The molecular formula is C28H32N6. The fourth-order valence-electron chi connectivity index (χ4n) is 5.16. The lowest BCUT2D eigenvalue weighted by Crippen LogP contribution is -2.54. The second kappa shape index (κ2) is 8.19. The Morgan fingerprint density at radius 1 is 0.500 bits per heavy atom. The fraction of sp³-hybridized carbons (Fsp3) is 0.429. The first-order valence-electron chi connectivity index (χ1n) is 13.0. The molecule has 0 saturated carbocycles. The van der Waals surface area contributed by atoms with Crippen LogP contribution in [0.1, 0.15) is 25.7 Å². The first-order valence-corrected chi connectivity index (χ1v) is 13.0. The van der Waals surface area contributed by atoms with E-state index < -0.39 is 0 Å². The minimum absolute atomic E-state index is 1.06. The molecule has 7 rings (SSSR count). The zero-order chi connectivity index (χ0) is 22.5. The Bertz CT molecular complexity index is 1160. The Balaban J connectivity index is 1.39. The summed E-state index contributed by atoms with van der Waals surface area (Å²) in [5, 5.41) is 4.91. The molecule has 4 saturated heterocycles. The van der Waals surface area contributed by atoms with E-state index in [1.165, 1.54) is 47.2 Å². The van der Waals surface area contributed by atoms with Gasteiger partial charge < -0.3 is 19.6 Å². The number of nitrogens with zero attached hydrogens (tertiary/aromatic N) is 6. The number of guanidine groups is 2. The summed E-state index contributed by atoms with van der Waals surface area (Å²) in [6.07, 6.45) is 5.06. The number of hydrogen-bond donors (Lipinski definition) is 0. The Morgan fingerprint density at radius 2 is 0.853 bits per heavy atom. The number of aliphatic imine (C=N–C) groups is 2. The number of benzene rings is 3. The van der Waals surface area contributed by atoms with Crippen molar-refractivity contribution >= 4 is 44.8 Å². The highest BCUT2D eigenvalue weighted by Gasteiger charge is 2.29. The molecule has 0 aromatic heterocycles. The maximum absolute atomic E-state index is 5.28. The molecule has 4 fully saturated rings. The van der Waals surface area contributed by atoms with Gasteiger partial charge in [-0.2, -0.15) is 0 Å². The smallest absolute Gasteiger partial charge is 0.201 e. The van der Waals surface area contributed by atoms with Crippen LogP contribution < -0.4 is 0 Å². The van der Waals surface area contributed by atoms with Crippen LogP contribution in [0, 0.1) is 0 Å². The van der Waals surface area contributed by atoms with Crippen molar-refractivity contribution in [2.24, 2.45) is 9.98 Å². The molecule has 4 aliphatic heterocycles. The Hall–Kier alpha value is -3.28. The van der Waals surface area contributed by atoms with Gasteiger partial charge in [-0.25, -0.2) is 9.98 Å². The van der Waals surface area contributed by atoms with Crippen molar-refractivity contribution in [2.75, 3.05) is 52.4 Å². The van der Waals surface area contributed by atoms with Crippen LogP contribution in [0.25, 0.3) is 21.5 Å². The van der Waals surface area contributed by atoms with Gasteiger partial charge in [0, 0.05) is 63.1 Å². The lowest BCUT2D eigenvalue weighted by molar-refractivity contribution is 0.207. The highest BCUT2D eigenvalue weighted by atomic mass is 15.4. The quantitative estimate of drug-likeness (QED) is 0.318. The Morgan fingerprint density at radius 3 is 1.15 bits per heavy atom. The van der Waals surface area contributed by atoms with Crippen molar-refractivity contribution in [3.63, 3.8) is 0 Å². The van der Waals surface area contributed by atoms with E-state index in [9.17, 15) is 0 Å². The molecule has 0 unspecified atom stereocenters. The first-order chi connectivity index (χ1) is 16.8. The normalized spacial score (nSPS) is 19.3. The maximum Gasteiger partial charge on any atom is 0.201 e. The van der Waals surface area contributed by atoms with Gasteiger partial charge in [-0.15, -0.1) is 0 Å². The predicted molar refractivity (Wildman–Crippen MR) is 140 cm³/mol. The van der Waals surface area contributed by atoms with Crippen LogP contribution in [0.4, 0.5) is 11.4 Å². The molecule has 3 aromatic carbocycles. The van der Waals surface area contributed by atoms with E-state index in [2.05, 4.69) is 68.1 Å². The molecule has 0 radical (unpaired) electrons. The van der Waals surface area contributed by atoms with E-state index in [1.54, 1.807) is 0 Å². The lowest BCUT2D eigenvalue weighted by Gasteiger charge is -2.43. The summed E-state index contributed by atoms with van der Waals surface area (Å²) in [5.74, 6) is 2.31. The molecule has 34 heavy (non-hydrogen) atoms. The molecule has 0 atom stereocenters. The highest BCUT2D eigenvalue weighted by molar-refractivity contribution is 6.09. The summed E-state index contributed by atoms with van der Waals surface area (Å²) in [5.41, 5.74) is 2.12. The number of hydrogen-bond acceptors (Lipinski definition) is 2. The van der Waals surface area contributed by atoms with Crippen molar-refractivity contribution in [1.82, 2.24) is 19.6 Å². The van der Waals surface area contributed by atoms with Crippen LogP contribution in [0.3, 0.4) is 0 Å². The van der Waals surface area contributed by atoms with Gasteiger partial charge in [0.05, 0.1) is 11.4 Å². The van der Waals surface area contributed by atoms with E-state index in [-0.39, 0.29) is 0 Å². The molecule has 0 bridgehead atoms. The molecule has 0 N–H and O–H groups in total. The van der Waals surface area contributed by atoms with E-state index >= 15 is 0 Å². The van der Waals surface area contributed by atoms with Crippen LogP contribution >= 0.6 is 0 Å².